The highest BCUT2D eigenvalue weighted by Crippen LogP contribution is 2.41. The van der Waals surface area contributed by atoms with E-state index < -0.39 is 5.97 Å². The number of aromatic nitrogens is 4. The van der Waals surface area contributed by atoms with E-state index in [4.69, 9.17) is 4.98 Å². The third kappa shape index (κ3) is 8.99. The second kappa shape index (κ2) is 17.1. The van der Waals surface area contributed by atoms with E-state index in [2.05, 4.69) is 81.1 Å². The summed E-state index contributed by atoms with van der Waals surface area (Å²) >= 11 is 0. The lowest BCUT2D eigenvalue weighted by atomic mass is 9.89. The third-order valence-electron chi connectivity index (χ3n) is 13.5. The van der Waals surface area contributed by atoms with Crippen LogP contribution in [0.4, 0.5) is 0 Å². The van der Waals surface area contributed by atoms with Gasteiger partial charge in [0.2, 0.25) is 0 Å². The number of aromatic carboxylic acids is 1. The minimum Gasteiger partial charge on any atom is -0.478 e. The Kier molecular flexibility index (Phi) is 11.3. The number of hydrogen-bond acceptors (Lipinski definition) is 4. The molecule has 4 aliphatic carbocycles. The average molecular weight is 775 g/mol. The molecule has 7 heteroatoms. The minimum atomic E-state index is -0.878. The van der Waals surface area contributed by atoms with Crippen molar-refractivity contribution in [2.75, 3.05) is 0 Å². The molecule has 0 saturated heterocycles. The molecule has 0 spiro atoms. The molecule has 4 aromatic heterocycles. The second-order valence-corrected chi connectivity index (χ2v) is 18.0. The van der Waals surface area contributed by atoms with Crippen molar-refractivity contribution in [1.29, 1.82) is 0 Å². The van der Waals surface area contributed by atoms with Gasteiger partial charge in [0.25, 0.3) is 0 Å². The van der Waals surface area contributed by atoms with E-state index in [9.17, 15) is 14.7 Å². The van der Waals surface area contributed by atoms with Crippen molar-refractivity contribution in [2.24, 2.45) is 11.8 Å². The summed E-state index contributed by atoms with van der Waals surface area (Å²) in [7, 11) is 0. The van der Waals surface area contributed by atoms with Crippen LogP contribution in [0.1, 0.15) is 163 Å². The Balaban J connectivity index is 0.000000150. The van der Waals surface area contributed by atoms with Gasteiger partial charge in [-0.05, 0) is 151 Å². The van der Waals surface area contributed by atoms with Crippen LogP contribution in [0.2, 0.25) is 0 Å². The van der Waals surface area contributed by atoms with Gasteiger partial charge in [-0.25, -0.2) is 4.79 Å². The SMILES string of the molecule is CC(=O)c1cc(C2CC2)cnc1Cc1ccc2ccn(CC3CCCCC3)c2c1.O=C(O)c1cc(C2CC2)cnc1Cc1ccc2ccn(CC3CCCCC3)c2c1. The lowest BCUT2D eigenvalue weighted by Crippen LogP contribution is -2.13. The van der Waals surface area contributed by atoms with Gasteiger partial charge in [-0.3, -0.25) is 14.8 Å². The van der Waals surface area contributed by atoms with Crippen LogP contribution in [0.25, 0.3) is 21.8 Å². The number of nitrogens with zero attached hydrogens (tertiary/aromatic N) is 4. The Bertz CT molecular complexity index is 2250. The highest BCUT2D eigenvalue weighted by atomic mass is 16.4. The fourth-order valence-corrected chi connectivity index (χ4v) is 9.75. The number of rotatable bonds is 12. The van der Waals surface area contributed by atoms with Crippen LogP contribution in [0.5, 0.6) is 0 Å². The van der Waals surface area contributed by atoms with E-state index in [1.54, 1.807) is 6.92 Å². The van der Waals surface area contributed by atoms with Crippen LogP contribution in [0.15, 0.2) is 85.5 Å². The van der Waals surface area contributed by atoms with E-state index >= 15 is 0 Å². The first-order valence-electron chi connectivity index (χ1n) is 22.2. The maximum atomic E-state index is 12.3. The molecule has 2 aromatic carbocycles. The minimum absolute atomic E-state index is 0.122. The number of hydrogen-bond donors (Lipinski definition) is 1. The van der Waals surface area contributed by atoms with Gasteiger partial charge in [0.05, 0.1) is 17.0 Å². The standard InChI is InChI=1S/C26H30N2O.C25H28N2O2/c1-18(29)24-15-23(21-9-10-21)16-27-25(24)13-20-7-8-22-11-12-28(26(22)14-20)17-19-5-3-2-4-6-19;28-25(29)22-14-21(19-8-9-19)15-26-23(22)12-18-6-7-20-10-11-27(24(20)13-18)16-17-4-2-1-3-5-17/h7-8,11-12,14-16,19,21H,2-6,9-10,13,17H2,1H3;6-7,10-11,13-15,17,19H,1-5,8-9,12,16H2,(H,28,29). The molecule has 0 radical (unpaired) electrons. The topological polar surface area (TPSA) is 90.0 Å². The molecule has 7 nitrogen and oxygen atoms in total. The number of pyridine rings is 2. The molecule has 0 aliphatic heterocycles. The van der Waals surface area contributed by atoms with Crippen molar-refractivity contribution in [2.45, 2.75) is 135 Å². The van der Waals surface area contributed by atoms with Gasteiger partial charge < -0.3 is 14.2 Å². The Morgan fingerprint density at radius 3 is 1.47 bits per heavy atom. The number of benzene rings is 2. The summed E-state index contributed by atoms with van der Waals surface area (Å²) in [6, 6.07) is 21.5. The predicted octanol–water partition coefficient (Wildman–Crippen LogP) is 12.1. The van der Waals surface area contributed by atoms with Crippen molar-refractivity contribution >= 4 is 33.6 Å². The summed E-state index contributed by atoms with van der Waals surface area (Å²) in [4.78, 5) is 33.3. The predicted molar refractivity (Wildman–Crippen MR) is 232 cm³/mol. The first-order valence-corrected chi connectivity index (χ1v) is 22.2. The number of carbonyl (C=O) groups is 2. The highest BCUT2D eigenvalue weighted by molar-refractivity contribution is 5.95. The van der Waals surface area contributed by atoms with Crippen LogP contribution >= 0.6 is 0 Å². The molecule has 0 amide bonds. The van der Waals surface area contributed by atoms with Gasteiger partial charge >= 0.3 is 5.97 Å². The molecule has 4 saturated carbocycles. The molecular formula is C51H58N4O3. The average Bonchev–Trinajstić information content (AvgIpc) is 4.19. The summed E-state index contributed by atoms with van der Waals surface area (Å²) < 4.78 is 4.82. The molecule has 300 valence electrons. The molecule has 0 bridgehead atoms. The van der Waals surface area contributed by atoms with Crippen LogP contribution in [-0.4, -0.2) is 36.0 Å². The molecule has 58 heavy (non-hydrogen) atoms. The summed E-state index contributed by atoms with van der Waals surface area (Å²) in [5, 5.41) is 12.2. The Morgan fingerprint density at radius 2 is 1.03 bits per heavy atom. The summed E-state index contributed by atoms with van der Waals surface area (Å²) in [6.45, 7) is 3.87. The van der Waals surface area contributed by atoms with Gasteiger partial charge in [-0.2, -0.15) is 0 Å². The monoisotopic (exact) mass is 774 g/mol. The molecule has 10 rings (SSSR count). The van der Waals surface area contributed by atoms with Gasteiger partial charge in [0.15, 0.2) is 5.78 Å². The maximum absolute atomic E-state index is 12.3. The summed E-state index contributed by atoms with van der Waals surface area (Å²) in [6.07, 6.45) is 28.0. The molecule has 4 heterocycles. The fraction of sp³-hybridized carbons (Fsp3) is 0.451. The molecule has 0 unspecified atom stereocenters. The quantitative estimate of drug-likeness (QED) is 0.125. The Morgan fingerprint density at radius 1 is 0.586 bits per heavy atom. The van der Waals surface area contributed by atoms with Crippen LogP contribution in [0, 0.1) is 11.8 Å². The van der Waals surface area contributed by atoms with Gasteiger partial charge in [0, 0.05) is 67.3 Å². The zero-order valence-corrected chi connectivity index (χ0v) is 34.2. The number of carboxylic acids is 1. The molecular weight excluding hydrogens is 717 g/mol. The van der Waals surface area contributed by atoms with Crippen LogP contribution in [0.3, 0.4) is 0 Å². The van der Waals surface area contributed by atoms with Gasteiger partial charge in [-0.15, -0.1) is 0 Å². The van der Waals surface area contributed by atoms with E-state index in [0.29, 0.717) is 35.9 Å². The first-order chi connectivity index (χ1) is 28.3. The van der Waals surface area contributed by atoms with Crippen molar-refractivity contribution in [3.63, 3.8) is 0 Å². The largest absolute Gasteiger partial charge is 0.478 e. The first kappa shape index (κ1) is 38.5. The maximum Gasteiger partial charge on any atom is 0.337 e. The van der Waals surface area contributed by atoms with Crippen LogP contribution < -0.4 is 0 Å². The van der Waals surface area contributed by atoms with Crippen molar-refractivity contribution in [1.82, 2.24) is 19.1 Å². The normalized spacial score (nSPS) is 17.7. The molecule has 0 atom stereocenters. The Labute approximate surface area is 342 Å². The van der Waals surface area contributed by atoms with Crippen molar-refractivity contribution in [3.05, 3.63) is 130 Å². The van der Waals surface area contributed by atoms with Gasteiger partial charge in [-0.1, -0.05) is 62.8 Å². The Hall–Kier alpha value is -5.04. The molecule has 6 aromatic rings. The van der Waals surface area contributed by atoms with E-state index in [1.807, 2.05) is 18.5 Å². The fourth-order valence-electron chi connectivity index (χ4n) is 9.75. The van der Waals surface area contributed by atoms with Crippen molar-refractivity contribution < 1.29 is 14.7 Å². The lowest BCUT2D eigenvalue weighted by molar-refractivity contribution is 0.0695. The molecule has 4 aliphatic rings. The third-order valence-corrected chi connectivity index (χ3v) is 13.5. The number of carbonyl (C=O) groups excluding carboxylic acids is 1. The smallest absolute Gasteiger partial charge is 0.337 e. The number of carboxylic acid groups (broad SMARTS) is 1. The zero-order chi connectivity index (χ0) is 39.6. The summed E-state index contributed by atoms with van der Waals surface area (Å²) in [5.41, 5.74) is 9.94. The highest BCUT2D eigenvalue weighted by Gasteiger charge is 2.27. The second-order valence-electron chi connectivity index (χ2n) is 18.0. The molecule has 1 N–H and O–H groups in total. The number of fused-ring (bicyclic) bond motifs is 2. The number of ketones is 1. The van der Waals surface area contributed by atoms with Gasteiger partial charge in [0.1, 0.15) is 0 Å². The van der Waals surface area contributed by atoms with E-state index in [0.717, 1.165) is 60.2 Å². The van der Waals surface area contributed by atoms with E-state index in [1.165, 1.54) is 110 Å². The van der Waals surface area contributed by atoms with E-state index in [-0.39, 0.29) is 5.78 Å². The van der Waals surface area contributed by atoms with Crippen LogP contribution in [-0.2, 0) is 25.9 Å². The number of Topliss-reactive ketones (excluding diaryl/α,β-unsaturated/α-hetero) is 1. The van der Waals surface area contributed by atoms with Crippen molar-refractivity contribution in [3.8, 4) is 0 Å². The zero-order valence-electron chi connectivity index (χ0n) is 34.2. The molecule has 4 fully saturated rings. The summed E-state index contributed by atoms with van der Waals surface area (Å²) in [5.74, 6) is 1.96. The lowest BCUT2D eigenvalue weighted by Gasteiger charge is -2.22.